The molecule has 20 heavy (non-hydrogen) atoms. The van der Waals surface area contributed by atoms with Gasteiger partial charge in [-0.1, -0.05) is 19.1 Å². The third-order valence-electron chi connectivity index (χ3n) is 3.27. The minimum absolute atomic E-state index is 0.0839. The van der Waals surface area contributed by atoms with Crippen molar-refractivity contribution in [3.63, 3.8) is 0 Å². The highest BCUT2D eigenvalue weighted by atomic mass is 16.5. The molecule has 0 radical (unpaired) electrons. The largest absolute Gasteiger partial charge is 0.497 e. The van der Waals surface area contributed by atoms with Gasteiger partial charge in [-0.05, 0) is 36.2 Å². The molecule has 0 spiro atoms. The molecular formula is C16H21NO3. The molecule has 2 atom stereocenters. The Morgan fingerprint density at radius 1 is 1.20 bits per heavy atom. The van der Waals surface area contributed by atoms with Gasteiger partial charge in [0.15, 0.2) is 0 Å². The summed E-state index contributed by atoms with van der Waals surface area (Å²) in [6.45, 7) is 2.53. The van der Waals surface area contributed by atoms with Crippen LogP contribution in [0.4, 0.5) is 0 Å². The normalized spacial score (nSPS) is 13.9. The van der Waals surface area contributed by atoms with Gasteiger partial charge in [-0.3, -0.25) is 0 Å². The number of hydrogen-bond acceptors (Lipinski definition) is 4. The third kappa shape index (κ3) is 3.62. The van der Waals surface area contributed by atoms with Gasteiger partial charge in [0.25, 0.3) is 0 Å². The Morgan fingerprint density at radius 3 is 2.50 bits per heavy atom. The van der Waals surface area contributed by atoms with Crippen LogP contribution in [0.5, 0.6) is 5.75 Å². The van der Waals surface area contributed by atoms with E-state index in [1.54, 1.807) is 13.4 Å². The number of nitrogens with two attached hydrogens (primary N) is 1. The molecule has 0 aliphatic rings. The van der Waals surface area contributed by atoms with Crippen molar-refractivity contribution >= 4 is 0 Å². The summed E-state index contributed by atoms with van der Waals surface area (Å²) in [4.78, 5) is 0. The molecule has 1 aromatic heterocycles. The molecule has 0 aliphatic carbocycles. The van der Waals surface area contributed by atoms with E-state index in [0.29, 0.717) is 6.61 Å². The van der Waals surface area contributed by atoms with Crippen molar-refractivity contribution in [1.82, 2.24) is 0 Å². The lowest BCUT2D eigenvalue weighted by Gasteiger charge is -2.21. The Kier molecular flexibility index (Phi) is 5.21. The fraction of sp³-hybridized carbons (Fsp3) is 0.375. The Hall–Kier alpha value is -1.78. The molecule has 1 aromatic carbocycles. The molecule has 4 nitrogen and oxygen atoms in total. The van der Waals surface area contributed by atoms with Gasteiger partial charge in [-0.15, -0.1) is 0 Å². The van der Waals surface area contributed by atoms with E-state index in [-0.39, 0.29) is 12.1 Å². The smallest absolute Gasteiger partial charge is 0.134 e. The lowest BCUT2D eigenvalue weighted by Crippen LogP contribution is -2.29. The van der Waals surface area contributed by atoms with E-state index in [1.165, 1.54) is 0 Å². The van der Waals surface area contributed by atoms with Crippen molar-refractivity contribution in [3.8, 4) is 5.75 Å². The summed E-state index contributed by atoms with van der Waals surface area (Å²) in [5.74, 6) is 1.61. The summed E-state index contributed by atoms with van der Waals surface area (Å²) in [7, 11) is 1.65. The SMILES string of the molecule is CCC(N)C(OCc1ccc(OC)cc1)c1ccco1. The van der Waals surface area contributed by atoms with Crippen LogP contribution in [0.15, 0.2) is 47.1 Å². The highest BCUT2D eigenvalue weighted by Gasteiger charge is 2.21. The predicted octanol–water partition coefficient (Wildman–Crippen LogP) is 3.28. The van der Waals surface area contributed by atoms with Crippen molar-refractivity contribution in [2.24, 2.45) is 5.73 Å². The highest BCUT2D eigenvalue weighted by Crippen LogP contribution is 2.24. The van der Waals surface area contributed by atoms with Crippen LogP contribution in [0.2, 0.25) is 0 Å². The van der Waals surface area contributed by atoms with Crippen molar-refractivity contribution < 1.29 is 13.9 Å². The number of furan rings is 1. The Balaban J connectivity index is 2.01. The zero-order valence-electron chi connectivity index (χ0n) is 11.9. The standard InChI is InChI=1S/C16H21NO3/c1-3-14(17)16(15-5-4-10-19-15)20-11-12-6-8-13(18-2)9-7-12/h4-10,14,16H,3,11,17H2,1-2H3. The number of methoxy groups -OCH3 is 1. The summed E-state index contributed by atoms with van der Waals surface area (Å²) in [6, 6.07) is 11.5. The molecule has 2 unspecified atom stereocenters. The molecule has 0 amide bonds. The average molecular weight is 275 g/mol. The van der Waals surface area contributed by atoms with Crippen LogP contribution in [-0.4, -0.2) is 13.2 Å². The minimum atomic E-state index is -0.225. The molecule has 2 aromatic rings. The van der Waals surface area contributed by atoms with Gasteiger partial charge < -0.3 is 19.6 Å². The third-order valence-corrected chi connectivity index (χ3v) is 3.27. The van der Waals surface area contributed by atoms with Gasteiger partial charge in [0.05, 0.1) is 20.0 Å². The van der Waals surface area contributed by atoms with Gasteiger partial charge in [0.2, 0.25) is 0 Å². The maximum absolute atomic E-state index is 6.11. The molecule has 1 heterocycles. The molecule has 0 fully saturated rings. The molecule has 4 heteroatoms. The van der Waals surface area contributed by atoms with Crippen LogP contribution in [0.1, 0.15) is 30.8 Å². The average Bonchev–Trinajstić information content (AvgIpc) is 3.02. The summed E-state index contributed by atoms with van der Waals surface area (Å²) in [6.07, 6.45) is 2.24. The monoisotopic (exact) mass is 275 g/mol. The van der Waals surface area contributed by atoms with Crippen LogP contribution in [-0.2, 0) is 11.3 Å². The van der Waals surface area contributed by atoms with E-state index in [4.69, 9.17) is 19.6 Å². The van der Waals surface area contributed by atoms with Crippen molar-refractivity contribution in [3.05, 3.63) is 54.0 Å². The second-order valence-electron chi connectivity index (χ2n) is 4.67. The van der Waals surface area contributed by atoms with Gasteiger partial charge in [-0.2, -0.15) is 0 Å². The molecule has 0 saturated carbocycles. The molecule has 108 valence electrons. The molecule has 2 rings (SSSR count). The first-order valence-electron chi connectivity index (χ1n) is 6.78. The summed E-state index contributed by atoms with van der Waals surface area (Å²) in [5.41, 5.74) is 7.19. The van der Waals surface area contributed by atoms with Crippen molar-refractivity contribution in [1.29, 1.82) is 0 Å². The van der Waals surface area contributed by atoms with Crippen LogP contribution in [0.3, 0.4) is 0 Å². The van der Waals surface area contributed by atoms with Crippen LogP contribution >= 0.6 is 0 Å². The topological polar surface area (TPSA) is 57.6 Å². The maximum Gasteiger partial charge on any atom is 0.134 e. The van der Waals surface area contributed by atoms with Crippen molar-refractivity contribution in [2.75, 3.05) is 7.11 Å². The lowest BCUT2D eigenvalue weighted by atomic mass is 10.1. The quantitative estimate of drug-likeness (QED) is 0.842. The Labute approximate surface area is 119 Å². The van der Waals surface area contributed by atoms with E-state index >= 15 is 0 Å². The Morgan fingerprint density at radius 2 is 1.95 bits per heavy atom. The molecule has 0 saturated heterocycles. The van der Waals surface area contributed by atoms with E-state index < -0.39 is 0 Å². The second kappa shape index (κ2) is 7.12. The first kappa shape index (κ1) is 14.6. The fourth-order valence-corrected chi connectivity index (χ4v) is 1.99. The first-order chi connectivity index (χ1) is 9.74. The molecular weight excluding hydrogens is 254 g/mol. The number of rotatable bonds is 7. The Bertz CT molecular complexity index is 493. The zero-order chi connectivity index (χ0) is 14.4. The van der Waals surface area contributed by atoms with Gasteiger partial charge in [-0.25, -0.2) is 0 Å². The van der Waals surface area contributed by atoms with E-state index in [2.05, 4.69) is 0 Å². The summed E-state index contributed by atoms with van der Waals surface area (Å²) in [5, 5.41) is 0. The molecule has 0 aliphatic heterocycles. The molecule has 2 N–H and O–H groups in total. The predicted molar refractivity (Wildman–Crippen MR) is 77.5 cm³/mol. The zero-order valence-corrected chi connectivity index (χ0v) is 11.9. The lowest BCUT2D eigenvalue weighted by molar-refractivity contribution is 0.00746. The van der Waals surface area contributed by atoms with Gasteiger partial charge in [0.1, 0.15) is 17.6 Å². The summed E-state index contributed by atoms with van der Waals surface area (Å²) < 4.78 is 16.5. The number of ether oxygens (including phenoxy) is 2. The number of benzene rings is 1. The van der Waals surface area contributed by atoms with Crippen LogP contribution in [0.25, 0.3) is 0 Å². The molecule has 0 bridgehead atoms. The van der Waals surface area contributed by atoms with Crippen LogP contribution in [0, 0.1) is 0 Å². The van der Waals surface area contributed by atoms with Gasteiger partial charge in [0, 0.05) is 6.04 Å². The van der Waals surface area contributed by atoms with E-state index in [0.717, 1.165) is 23.5 Å². The fourth-order valence-electron chi connectivity index (χ4n) is 1.99. The highest BCUT2D eigenvalue weighted by molar-refractivity contribution is 5.26. The van der Waals surface area contributed by atoms with Crippen molar-refractivity contribution in [2.45, 2.75) is 32.1 Å². The van der Waals surface area contributed by atoms with E-state index in [9.17, 15) is 0 Å². The summed E-state index contributed by atoms with van der Waals surface area (Å²) >= 11 is 0. The second-order valence-corrected chi connectivity index (χ2v) is 4.67. The maximum atomic E-state index is 6.11. The minimum Gasteiger partial charge on any atom is -0.497 e. The first-order valence-corrected chi connectivity index (χ1v) is 6.78. The van der Waals surface area contributed by atoms with E-state index in [1.807, 2.05) is 43.3 Å². The van der Waals surface area contributed by atoms with Gasteiger partial charge >= 0.3 is 0 Å². The number of hydrogen-bond donors (Lipinski definition) is 1. The van der Waals surface area contributed by atoms with Crippen LogP contribution < -0.4 is 10.5 Å².